The van der Waals surface area contributed by atoms with E-state index in [0.717, 1.165) is 51.8 Å². The van der Waals surface area contributed by atoms with Crippen molar-refractivity contribution in [3.05, 3.63) is 135 Å². The molecule has 0 radical (unpaired) electrons. The molecule has 50 heavy (non-hydrogen) atoms. The zero-order valence-corrected chi connectivity index (χ0v) is 31.7. The number of carbonyl (C=O) groups is 2. The van der Waals surface area contributed by atoms with E-state index in [2.05, 4.69) is 36.6 Å². The second-order valence-electron chi connectivity index (χ2n) is 12.2. The number of rotatable bonds is 12. The SMILES string of the molecule is CCc1cccc(C)c1C(=S)NC(Cc1ccc(C)cc1)C(=O)OC.CCc1cccc(C)c1C(=S)NC(Cc1ccc(N)cc1)C(=O)OC. The summed E-state index contributed by atoms with van der Waals surface area (Å²) in [6.07, 6.45) is 2.76. The van der Waals surface area contributed by atoms with E-state index in [1.807, 2.05) is 93.6 Å². The van der Waals surface area contributed by atoms with Gasteiger partial charge in [0.25, 0.3) is 0 Å². The maximum Gasteiger partial charge on any atom is 0.328 e. The first kappa shape index (κ1) is 39.8. The van der Waals surface area contributed by atoms with Gasteiger partial charge in [0.15, 0.2) is 0 Å². The molecule has 2 unspecified atom stereocenters. The average Bonchev–Trinajstić information content (AvgIpc) is 3.11. The summed E-state index contributed by atoms with van der Waals surface area (Å²) in [5, 5.41) is 6.41. The van der Waals surface area contributed by atoms with Crippen LogP contribution in [0.1, 0.15) is 63.9 Å². The molecule has 0 spiro atoms. The molecule has 2 atom stereocenters. The van der Waals surface area contributed by atoms with Gasteiger partial charge in [-0.25, -0.2) is 9.59 Å². The van der Waals surface area contributed by atoms with Gasteiger partial charge in [-0.3, -0.25) is 0 Å². The Labute approximate surface area is 308 Å². The van der Waals surface area contributed by atoms with Crippen LogP contribution in [0.2, 0.25) is 0 Å². The number of methoxy groups -OCH3 is 2. The highest BCUT2D eigenvalue weighted by Gasteiger charge is 2.24. The maximum absolute atomic E-state index is 12.2. The Bertz CT molecular complexity index is 1640. The minimum Gasteiger partial charge on any atom is -0.467 e. The third-order valence-electron chi connectivity index (χ3n) is 8.50. The molecule has 0 aliphatic carbocycles. The summed E-state index contributed by atoms with van der Waals surface area (Å²) < 4.78 is 9.92. The van der Waals surface area contributed by atoms with Gasteiger partial charge in [-0.15, -0.1) is 0 Å². The number of nitrogen functional groups attached to an aromatic ring is 1. The fraction of sp³-hybridized carbons (Fsp3) is 0.317. The van der Waals surface area contributed by atoms with Gasteiger partial charge in [-0.1, -0.05) is 117 Å². The van der Waals surface area contributed by atoms with Gasteiger partial charge in [0, 0.05) is 29.7 Å². The number of anilines is 1. The first-order chi connectivity index (χ1) is 23.9. The molecule has 0 aliphatic heterocycles. The van der Waals surface area contributed by atoms with Gasteiger partial charge in [-0.2, -0.15) is 0 Å². The number of ether oxygens (including phenoxy) is 2. The number of esters is 2. The molecule has 0 saturated heterocycles. The van der Waals surface area contributed by atoms with Gasteiger partial charge >= 0.3 is 11.9 Å². The van der Waals surface area contributed by atoms with Crippen LogP contribution in [0.15, 0.2) is 84.9 Å². The monoisotopic (exact) mass is 711 g/mol. The number of benzene rings is 4. The van der Waals surface area contributed by atoms with Gasteiger partial charge in [0.1, 0.15) is 22.1 Å². The Morgan fingerprint density at radius 2 is 1.02 bits per heavy atom. The molecule has 4 aromatic carbocycles. The van der Waals surface area contributed by atoms with Crippen LogP contribution in [0.4, 0.5) is 5.69 Å². The predicted octanol–water partition coefficient (Wildman–Crippen LogP) is 7.10. The van der Waals surface area contributed by atoms with Gasteiger partial charge in [0.2, 0.25) is 0 Å². The number of hydrogen-bond donors (Lipinski definition) is 3. The molecular weight excluding hydrogens is 663 g/mol. The van der Waals surface area contributed by atoms with Crippen molar-refractivity contribution in [1.82, 2.24) is 10.6 Å². The van der Waals surface area contributed by atoms with E-state index in [9.17, 15) is 9.59 Å². The van der Waals surface area contributed by atoms with Crippen molar-refractivity contribution in [1.29, 1.82) is 0 Å². The molecular formula is C41H49N3O4S2. The molecule has 0 heterocycles. The van der Waals surface area contributed by atoms with E-state index in [1.165, 1.54) is 25.3 Å². The number of carbonyl (C=O) groups excluding carboxylic acids is 2. The van der Waals surface area contributed by atoms with E-state index in [1.54, 1.807) is 0 Å². The van der Waals surface area contributed by atoms with Crippen molar-refractivity contribution >= 4 is 52.0 Å². The first-order valence-corrected chi connectivity index (χ1v) is 17.6. The smallest absolute Gasteiger partial charge is 0.328 e. The number of nitrogens with one attached hydrogen (secondary N) is 2. The van der Waals surface area contributed by atoms with Gasteiger partial charge in [0.05, 0.1) is 14.2 Å². The summed E-state index contributed by atoms with van der Waals surface area (Å²) in [5.41, 5.74) is 16.2. The number of nitrogens with two attached hydrogens (primary N) is 1. The van der Waals surface area contributed by atoms with Crippen LogP contribution < -0.4 is 16.4 Å². The van der Waals surface area contributed by atoms with Crippen molar-refractivity contribution in [3.8, 4) is 0 Å². The number of hydrogen-bond acceptors (Lipinski definition) is 7. The summed E-state index contributed by atoms with van der Waals surface area (Å²) in [7, 11) is 2.79. The molecule has 0 aliphatic rings. The maximum atomic E-state index is 12.2. The zero-order chi connectivity index (χ0) is 36.8. The Morgan fingerprint density at radius 3 is 1.38 bits per heavy atom. The Kier molecular flexibility index (Phi) is 15.6. The standard InChI is InChI=1S/C21H25NO2S.C20H24N2O2S/c1-5-17-8-6-7-15(3)19(17)20(25)22-18(21(23)24-4)13-16-11-9-14(2)10-12-16;1-4-15-7-5-6-13(2)18(15)19(25)22-17(20(23)24-3)12-14-8-10-16(21)11-9-14/h6-12,18H,5,13H2,1-4H3,(H,22,25);5-11,17H,4,12,21H2,1-3H3,(H,22,25). The molecule has 4 rings (SSSR count). The summed E-state index contributed by atoms with van der Waals surface area (Å²) in [5.74, 6) is -0.652. The Hall–Kier alpha value is -4.60. The third kappa shape index (κ3) is 11.2. The molecule has 4 N–H and O–H groups in total. The summed E-state index contributed by atoms with van der Waals surface area (Å²) in [4.78, 5) is 25.6. The van der Waals surface area contributed by atoms with Crippen LogP contribution in [0.5, 0.6) is 0 Å². The van der Waals surface area contributed by atoms with Crippen LogP contribution in [-0.2, 0) is 44.7 Å². The molecule has 7 nitrogen and oxygen atoms in total. The predicted molar refractivity (Wildman–Crippen MR) is 212 cm³/mol. The highest BCUT2D eigenvalue weighted by Crippen LogP contribution is 2.18. The number of thiocarbonyl (C=S) groups is 2. The molecule has 0 amide bonds. The van der Waals surface area contributed by atoms with Crippen LogP contribution >= 0.6 is 24.4 Å². The lowest BCUT2D eigenvalue weighted by molar-refractivity contribution is -0.143. The summed E-state index contributed by atoms with van der Waals surface area (Å²) in [6.45, 7) is 10.3. The van der Waals surface area contributed by atoms with E-state index in [0.29, 0.717) is 28.5 Å². The molecule has 0 saturated carbocycles. The summed E-state index contributed by atoms with van der Waals surface area (Å²) in [6, 6.07) is 26.8. The fourth-order valence-electron chi connectivity index (χ4n) is 5.68. The highest BCUT2D eigenvalue weighted by molar-refractivity contribution is 7.81. The molecule has 0 bridgehead atoms. The molecule has 0 aromatic heterocycles. The van der Waals surface area contributed by atoms with Crippen LogP contribution in [0, 0.1) is 20.8 Å². The minimum absolute atomic E-state index is 0.311. The van der Waals surface area contributed by atoms with E-state index in [4.69, 9.17) is 39.6 Å². The number of aryl methyl sites for hydroxylation is 5. The molecule has 264 valence electrons. The lowest BCUT2D eigenvalue weighted by Crippen LogP contribution is -2.43. The van der Waals surface area contributed by atoms with Crippen molar-refractivity contribution < 1.29 is 19.1 Å². The van der Waals surface area contributed by atoms with E-state index in [-0.39, 0.29) is 11.9 Å². The topological polar surface area (TPSA) is 103 Å². The lowest BCUT2D eigenvalue weighted by atomic mass is 9.99. The summed E-state index contributed by atoms with van der Waals surface area (Å²) >= 11 is 11.2. The highest BCUT2D eigenvalue weighted by atomic mass is 32.1. The van der Waals surface area contributed by atoms with Gasteiger partial charge < -0.3 is 25.8 Å². The Morgan fingerprint density at radius 1 is 0.640 bits per heavy atom. The second kappa shape index (κ2) is 19.6. The largest absolute Gasteiger partial charge is 0.467 e. The fourth-order valence-corrected chi connectivity index (χ4v) is 6.55. The van der Waals surface area contributed by atoms with Crippen LogP contribution in [0.3, 0.4) is 0 Å². The minimum atomic E-state index is -0.551. The first-order valence-electron chi connectivity index (χ1n) is 16.8. The zero-order valence-electron chi connectivity index (χ0n) is 30.1. The Balaban J connectivity index is 0.000000270. The van der Waals surface area contributed by atoms with E-state index < -0.39 is 12.1 Å². The second-order valence-corrected chi connectivity index (χ2v) is 13.0. The van der Waals surface area contributed by atoms with Crippen molar-refractivity contribution in [2.75, 3.05) is 20.0 Å². The quantitative estimate of drug-likeness (QED) is 0.0807. The van der Waals surface area contributed by atoms with Crippen molar-refractivity contribution in [2.45, 2.75) is 72.4 Å². The molecule has 0 fully saturated rings. The third-order valence-corrected chi connectivity index (χ3v) is 9.14. The van der Waals surface area contributed by atoms with Crippen molar-refractivity contribution in [3.63, 3.8) is 0 Å². The van der Waals surface area contributed by atoms with Crippen molar-refractivity contribution in [2.24, 2.45) is 0 Å². The van der Waals surface area contributed by atoms with Crippen LogP contribution in [0.25, 0.3) is 0 Å². The van der Waals surface area contributed by atoms with Gasteiger partial charge in [-0.05, 0) is 79.1 Å². The van der Waals surface area contributed by atoms with E-state index >= 15 is 0 Å². The average molecular weight is 712 g/mol. The lowest BCUT2D eigenvalue weighted by Gasteiger charge is -2.21. The normalized spacial score (nSPS) is 11.7. The van der Waals surface area contributed by atoms with Crippen LogP contribution in [-0.4, -0.2) is 48.2 Å². The molecule has 9 heteroatoms. The molecule has 4 aromatic rings.